The minimum Gasteiger partial charge on any atom is -0.271 e. The van der Waals surface area contributed by atoms with Gasteiger partial charge in [0.1, 0.15) is 0 Å². The zero-order valence-corrected chi connectivity index (χ0v) is 14.0. The van der Waals surface area contributed by atoms with Crippen molar-refractivity contribution in [1.29, 1.82) is 0 Å². The molecule has 21 heavy (non-hydrogen) atoms. The van der Waals surface area contributed by atoms with Gasteiger partial charge in [-0.3, -0.25) is 5.84 Å². The van der Waals surface area contributed by atoms with Crippen LogP contribution in [0.5, 0.6) is 0 Å². The standard InChI is InChI=1S/C17H20Cl2N2/c1-17(2,3)12-6-4-11(5-7-12)16(21-20)14-10-13(18)8-9-15(14)19/h4-10,16,21H,20H2,1-3H3. The summed E-state index contributed by atoms with van der Waals surface area (Å²) in [6.07, 6.45) is 0. The lowest BCUT2D eigenvalue weighted by Gasteiger charge is -2.22. The summed E-state index contributed by atoms with van der Waals surface area (Å²) in [4.78, 5) is 0. The van der Waals surface area contributed by atoms with Crippen LogP contribution in [-0.4, -0.2) is 0 Å². The van der Waals surface area contributed by atoms with Crippen molar-refractivity contribution in [1.82, 2.24) is 5.43 Å². The molecule has 0 aliphatic rings. The first kappa shape index (κ1) is 16.3. The molecule has 0 spiro atoms. The zero-order chi connectivity index (χ0) is 15.6. The Kier molecular flexibility index (Phi) is 4.95. The van der Waals surface area contributed by atoms with E-state index in [1.54, 1.807) is 12.1 Å². The second-order valence-corrected chi connectivity index (χ2v) is 6.98. The van der Waals surface area contributed by atoms with Crippen molar-refractivity contribution in [2.75, 3.05) is 0 Å². The van der Waals surface area contributed by atoms with Crippen LogP contribution in [0.25, 0.3) is 0 Å². The highest BCUT2D eigenvalue weighted by Gasteiger charge is 2.18. The molecule has 0 saturated heterocycles. The fourth-order valence-electron chi connectivity index (χ4n) is 2.28. The predicted molar refractivity (Wildman–Crippen MR) is 90.8 cm³/mol. The van der Waals surface area contributed by atoms with Crippen LogP contribution in [0, 0.1) is 0 Å². The van der Waals surface area contributed by atoms with Gasteiger partial charge in [0.05, 0.1) is 6.04 Å². The maximum absolute atomic E-state index is 6.27. The van der Waals surface area contributed by atoms with Crippen LogP contribution in [0.4, 0.5) is 0 Å². The van der Waals surface area contributed by atoms with E-state index >= 15 is 0 Å². The molecule has 0 radical (unpaired) electrons. The lowest BCUT2D eigenvalue weighted by atomic mass is 9.86. The van der Waals surface area contributed by atoms with E-state index in [4.69, 9.17) is 29.0 Å². The number of nitrogens with one attached hydrogen (secondary N) is 1. The van der Waals surface area contributed by atoms with Gasteiger partial charge in [0.25, 0.3) is 0 Å². The monoisotopic (exact) mass is 322 g/mol. The van der Waals surface area contributed by atoms with E-state index < -0.39 is 0 Å². The first-order valence-electron chi connectivity index (χ1n) is 6.84. The summed E-state index contributed by atoms with van der Waals surface area (Å²) in [6.45, 7) is 6.57. The number of hydrogen-bond donors (Lipinski definition) is 2. The van der Waals surface area contributed by atoms with Crippen molar-refractivity contribution in [3.63, 3.8) is 0 Å². The molecule has 0 aliphatic carbocycles. The molecule has 3 N–H and O–H groups in total. The molecule has 0 aromatic heterocycles. The average molecular weight is 323 g/mol. The summed E-state index contributed by atoms with van der Waals surface area (Å²) in [6, 6.07) is 13.6. The molecule has 2 aromatic rings. The average Bonchev–Trinajstić information content (AvgIpc) is 2.43. The number of nitrogens with two attached hydrogens (primary N) is 1. The molecule has 0 bridgehead atoms. The van der Waals surface area contributed by atoms with Gasteiger partial charge in [-0.25, -0.2) is 5.43 Å². The van der Waals surface area contributed by atoms with E-state index in [1.165, 1.54) is 5.56 Å². The molecule has 112 valence electrons. The Morgan fingerprint density at radius 1 is 1.00 bits per heavy atom. The lowest BCUT2D eigenvalue weighted by Crippen LogP contribution is -2.29. The van der Waals surface area contributed by atoms with Crippen LogP contribution >= 0.6 is 23.2 Å². The van der Waals surface area contributed by atoms with E-state index in [9.17, 15) is 0 Å². The number of rotatable bonds is 3. The van der Waals surface area contributed by atoms with Gasteiger partial charge < -0.3 is 0 Å². The van der Waals surface area contributed by atoms with E-state index in [-0.39, 0.29) is 11.5 Å². The SMILES string of the molecule is CC(C)(C)c1ccc(C(NN)c2cc(Cl)ccc2Cl)cc1. The van der Waals surface area contributed by atoms with Crippen LogP contribution < -0.4 is 11.3 Å². The largest absolute Gasteiger partial charge is 0.271 e. The Bertz CT molecular complexity index is 616. The highest BCUT2D eigenvalue weighted by Crippen LogP contribution is 2.31. The van der Waals surface area contributed by atoms with E-state index in [1.807, 2.05) is 6.07 Å². The predicted octanol–water partition coefficient (Wildman–Crippen LogP) is 4.84. The van der Waals surface area contributed by atoms with Crippen LogP contribution in [0.3, 0.4) is 0 Å². The lowest BCUT2D eigenvalue weighted by molar-refractivity contribution is 0.588. The van der Waals surface area contributed by atoms with Crippen molar-refractivity contribution >= 4 is 23.2 Å². The van der Waals surface area contributed by atoms with Crippen molar-refractivity contribution in [2.24, 2.45) is 5.84 Å². The minimum absolute atomic E-state index is 0.123. The van der Waals surface area contributed by atoms with Gasteiger partial charge in [-0.1, -0.05) is 68.2 Å². The van der Waals surface area contributed by atoms with Crippen LogP contribution in [0.15, 0.2) is 42.5 Å². The number of benzene rings is 2. The third-order valence-corrected chi connectivity index (χ3v) is 4.13. The first-order valence-corrected chi connectivity index (χ1v) is 7.60. The molecule has 2 nitrogen and oxygen atoms in total. The number of hydrogen-bond acceptors (Lipinski definition) is 2. The van der Waals surface area contributed by atoms with Gasteiger partial charge >= 0.3 is 0 Å². The Morgan fingerprint density at radius 2 is 1.62 bits per heavy atom. The number of hydrazine groups is 1. The molecular formula is C17H20Cl2N2. The van der Waals surface area contributed by atoms with Crippen molar-refractivity contribution in [2.45, 2.75) is 32.2 Å². The molecular weight excluding hydrogens is 303 g/mol. The molecule has 0 fully saturated rings. The molecule has 1 atom stereocenters. The molecule has 2 aromatic carbocycles. The topological polar surface area (TPSA) is 38.0 Å². The Balaban J connectivity index is 2.40. The van der Waals surface area contributed by atoms with E-state index in [2.05, 4.69) is 50.5 Å². The highest BCUT2D eigenvalue weighted by atomic mass is 35.5. The highest BCUT2D eigenvalue weighted by molar-refractivity contribution is 6.33. The van der Waals surface area contributed by atoms with Crippen LogP contribution in [0.2, 0.25) is 10.0 Å². The smallest absolute Gasteiger partial charge is 0.0725 e. The molecule has 0 heterocycles. The zero-order valence-electron chi connectivity index (χ0n) is 12.5. The molecule has 0 saturated carbocycles. The van der Waals surface area contributed by atoms with Gasteiger partial charge in [0.15, 0.2) is 0 Å². The third kappa shape index (κ3) is 3.78. The Labute approximate surface area is 136 Å². The minimum atomic E-state index is -0.190. The first-order chi connectivity index (χ1) is 9.82. The van der Waals surface area contributed by atoms with Gasteiger partial charge in [0, 0.05) is 10.0 Å². The summed E-state index contributed by atoms with van der Waals surface area (Å²) in [5, 5.41) is 1.28. The quantitative estimate of drug-likeness (QED) is 0.626. The summed E-state index contributed by atoms with van der Waals surface area (Å²) in [5.41, 5.74) is 6.14. The van der Waals surface area contributed by atoms with Crippen molar-refractivity contribution in [3.05, 3.63) is 69.2 Å². The van der Waals surface area contributed by atoms with Gasteiger partial charge in [-0.05, 0) is 40.3 Å². The van der Waals surface area contributed by atoms with E-state index in [0.29, 0.717) is 10.0 Å². The summed E-state index contributed by atoms with van der Waals surface area (Å²) in [7, 11) is 0. The summed E-state index contributed by atoms with van der Waals surface area (Å²) < 4.78 is 0. The van der Waals surface area contributed by atoms with Gasteiger partial charge in [0.2, 0.25) is 0 Å². The Morgan fingerprint density at radius 3 is 2.14 bits per heavy atom. The normalized spacial score (nSPS) is 13.2. The second-order valence-electron chi connectivity index (χ2n) is 6.14. The molecule has 1 unspecified atom stereocenters. The molecule has 0 aliphatic heterocycles. The fraction of sp³-hybridized carbons (Fsp3) is 0.294. The number of halogens is 2. The van der Waals surface area contributed by atoms with Gasteiger partial charge in [-0.15, -0.1) is 0 Å². The maximum atomic E-state index is 6.27. The third-order valence-electron chi connectivity index (χ3n) is 3.55. The van der Waals surface area contributed by atoms with Gasteiger partial charge in [-0.2, -0.15) is 0 Å². The van der Waals surface area contributed by atoms with Crippen LogP contribution in [-0.2, 0) is 5.41 Å². The maximum Gasteiger partial charge on any atom is 0.0725 e. The van der Waals surface area contributed by atoms with Crippen molar-refractivity contribution < 1.29 is 0 Å². The summed E-state index contributed by atoms with van der Waals surface area (Å²) in [5.74, 6) is 5.73. The van der Waals surface area contributed by atoms with E-state index in [0.717, 1.165) is 11.1 Å². The van der Waals surface area contributed by atoms with Crippen molar-refractivity contribution in [3.8, 4) is 0 Å². The second kappa shape index (κ2) is 6.37. The fourth-order valence-corrected chi connectivity index (χ4v) is 2.68. The molecule has 4 heteroatoms. The summed E-state index contributed by atoms with van der Waals surface area (Å²) >= 11 is 12.3. The molecule has 2 rings (SSSR count). The molecule has 0 amide bonds. The Hall–Kier alpha value is -1.06. The van der Waals surface area contributed by atoms with Crippen LogP contribution in [0.1, 0.15) is 43.5 Å².